The predicted octanol–water partition coefficient (Wildman–Crippen LogP) is 0.936. The summed E-state index contributed by atoms with van der Waals surface area (Å²) in [5.74, 6) is -0.309. The van der Waals surface area contributed by atoms with Gasteiger partial charge in [-0.3, -0.25) is 14.8 Å². The topological polar surface area (TPSA) is 94.4 Å². The van der Waals surface area contributed by atoms with Crippen molar-refractivity contribution in [3.8, 4) is 0 Å². The van der Waals surface area contributed by atoms with Gasteiger partial charge in [0, 0.05) is 42.7 Å². The molecule has 4 heterocycles. The summed E-state index contributed by atoms with van der Waals surface area (Å²) in [4.78, 5) is 19.3. The fourth-order valence-electron chi connectivity index (χ4n) is 5.75. The van der Waals surface area contributed by atoms with Crippen LogP contribution in [0.4, 0.5) is 13.2 Å². The Morgan fingerprint density at radius 3 is 2.59 bits per heavy atom. The van der Waals surface area contributed by atoms with Crippen LogP contribution in [0.25, 0.3) is 0 Å². The number of alkyl halides is 3. The second-order valence-electron chi connectivity index (χ2n) is 9.68. The molecule has 0 aromatic heterocycles. The minimum absolute atomic E-state index is 0.00581. The Morgan fingerprint density at radius 1 is 1.22 bits per heavy atom. The van der Waals surface area contributed by atoms with E-state index in [-0.39, 0.29) is 54.9 Å². The Balaban J connectivity index is 1.46. The van der Waals surface area contributed by atoms with E-state index in [2.05, 4.69) is 15.4 Å². The van der Waals surface area contributed by atoms with Crippen molar-refractivity contribution in [1.82, 2.24) is 15.2 Å². The third kappa shape index (κ3) is 4.52. The minimum Gasteiger partial charge on any atom is -0.328 e. The third-order valence-corrected chi connectivity index (χ3v) is 8.87. The molecule has 2 saturated heterocycles. The molecule has 0 bridgehead atoms. The number of amides is 1. The number of fused-ring (bicyclic) bond motifs is 1. The highest BCUT2D eigenvalue weighted by Crippen LogP contribution is 2.40. The minimum atomic E-state index is -4.35. The molecule has 1 N–H and O–H groups in total. The van der Waals surface area contributed by atoms with E-state index in [1.165, 1.54) is 12.5 Å². The van der Waals surface area contributed by atoms with Gasteiger partial charge in [-0.05, 0) is 25.7 Å². The lowest BCUT2D eigenvalue weighted by Gasteiger charge is -2.41. The Kier molecular flexibility index (Phi) is 6.06. The highest BCUT2D eigenvalue weighted by Gasteiger charge is 2.54. The molecule has 0 saturated carbocycles. The number of carbonyl (C=O) groups excluding carboxylic acids is 1. The Hall–Kier alpha value is -1.69. The van der Waals surface area contributed by atoms with Crippen molar-refractivity contribution >= 4 is 28.2 Å². The van der Waals surface area contributed by atoms with Crippen LogP contribution in [0.5, 0.6) is 0 Å². The number of aliphatic imine (C=N–C) groups is 1. The van der Waals surface area contributed by atoms with Crippen LogP contribution in [0.15, 0.2) is 10.1 Å². The molecule has 7 unspecified atom stereocenters. The van der Waals surface area contributed by atoms with Gasteiger partial charge in [0.25, 0.3) is 0 Å². The van der Waals surface area contributed by atoms with E-state index in [0.717, 1.165) is 5.01 Å². The summed E-state index contributed by atoms with van der Waals surface area (Å²) in [6, 6.07) is -0.878. The van der Waals surface area contributed by atoms with Gasteiger partial charge in [0.1, 0.15) is 6.54 Å². The van der Waals surface area contributed by atoms with Gasteiger partial charge in [-0.25, -0.2) is 8.42 Å². The smallest absolute Gasteiger partial charge is 0.328 e. The van der Waals surface area contributed by atoms with Gasteiger partial charge in [-0.1, -0.05) is 6.92 Å². The first-order chi connectivity index (χ1) is 14.8. The van der Waals surface area contributed by atoms with Gasteiger partial charge in [0.15, 0.2) is 9.84 Å². The molecule has 12 heteroatoms. The van der Waals surface area contributed by atoms with Crippen LogP contribution in [0, 0.1) is 17.8 Å². The molecule has 2 fully saturated rings. The lowest BCUT2D eigenvalue weighted by molar-refractivity contribution is -0.146. The van der Waals surface area contributed by atoms with Crippen molar-refractivity contribution in [3.05, 3.63) is 0 Å². The molecule has 4 rings (SSSR count). The van der Waals surface area contributed by atoms with E-state index < -0.39 is 33.9 Å². The largest absolute Gasteiger partial charge is 0.407 e. The van der Waals surface area contributed by atoms with Crippen LogP contribution in [-0.4, -0.2) is 98.1 Å². The van der Waals surface area contributed by atoms with E-state index in [1.54, 1.807) is 4.90 Å². The third-order valence-electron chi connectivity index (χ3n) is 7.31. The van der Waals surface area contributed by atoms with Crippen LogP contribution in [0.2, 0.25) is 0 Å². The number of nitrogens with zero attached hydrogens (tertiary/aromatic N) is 4. The van der Waals surface area contributed by atoms with E-state index in [1.807, 2.05) is 20.1 Å². The zero-order valence-electron chi connectivity index (χ0n) is 18.4. The summed E-state index contributed by atoms with van der Waals surface area (Å²) < 4.78 is 62.2. The highest BCUT2D eigenvalue weighted by atomic mass is 32.2. The molecule has 0 aromatic carbocycles. The number of likely N-dealkylation sites (tertiary alicyclic amines) is 1. The fourth-order valence-corrected chi connectivity index (χ4v) is 6.68. The number of hydrogen-bond acceptors (Lipinski definition) is 7. The van der Waals surface area contributed by atoms with E-state index in [0.29, 0.717) is 12.8 Å². The SMILES string of the molecule is CC1CC(C2C=NCC(S(C)(=O)=O)C2)NC2C1C(=O)N(C1C=NN(CC(F)(F)F)C1)[C@H]2C. The molecule has 0 radical (unpaired) electrons. The molecule has 0 spiro atoms. The number of hydrogen-bond donors (Lipinski definition) is 1. The molecule has 8 atom stereocenters. The molecular formula is C20H30F3N5O3S. The van der Waals surface area contributed by atoms with Crippen LogP contribution >= 0.6 is 0 Å². The normalized spacial score (nSPS) is 40.2. The maximum Gasteiger partial charge on any atom is 0.407 e. The van der Waals surface area contributed by atoms with Gasteiger partial charge < -0.3 is 10.2 Å². The summed E-state index contributed by atoms with van der Waals surface area (Å²) in [5, 5.41) is 7.91. The van der Waals surface area contributed by atoms with Crippen LogP contribution in [0.1, 0.15) is 26.7 Å². The molecule has 4 aliphatic heterocycles. The van der Waals surface area contributed by atoms with E-state index in [9.17, 15) is 26.4 Å². The number of halogens is 3. The quantitative estimate of drug-likeness (QED) is 0.650. The van der Waals surface area contributed by atoms with Gasteiger partial charge in [0.05, 0.1) is 30.3 Å². The van der Waals surface area contributed by atoms with Crippen LogP contribution in [-0.2, 0) is 14.6 Å². The monoisotopic (exact) mass is 477 g/mol. The highest BCUT2D eigenvalue weighted by molar-refractivity contribution is 7.91. The molecule has 4 aliphatic rings. The number of nitrogens with one attached hydrogen (secondary N) is 1. The maximum atomic E-state index is 13.3. The summed E-state index contributed by atoms with van der Waals surface area (Å²) in [5.41, 5.74) is 0. The maximum absolute atomic E-state index is 13.3. The molecule has 0 aliphatic carbocycles. The Bertz CT molecular complexity index is 909. The average molecular weight is 478 g/mol. The summed E-state index contributed by atoms with van der Waals surface area (Å²) in [7, 11) is -3.19. The van der Waals surface area contributed by atoms with Crippen LogP contribution in [0.3, 0.4) is 0 Å². The fraction of sp³-hybridized carbons (Fsp3) is 0.850. The molecular weight excluding hydrogens is 447 g/mol. The van der Waals surface area contributed by atoms with Gasteiger partial charge >= 0.3 is 6.18 Å². The van der Waals surface area contributed by atoms with Crippen LogP contribution < -0.4 is 5.32 Å². The zero-order chi connectivity index (χ0) is 23.4. The first kappa shape index (κ1) is 23.5. The average Bonchev–Trinajstić information content (AvgIpc) is 3.22. The number of hydrazone groups is 1. The van der Waals surface area contributed by atoms with Crippen molar-refractivity contribution in [2.75, 3.05) is 25.9 Å². The number of carbonyl (C=O) groups is 1. The number of piperidine rings is 1. The lowest BCUT2D eigenvalue weighted by atomic mass is 9.75. The first-order valence-electron chi connectivity index (χ1n) is 11.0. The second kappa shape index (κ2) is 8.27. The molecule has 32 heavy (non-hydrogen) atoms. The Morgan fingerprint density at radius 2 is 1.94 bits per heavy atom. The van der Waals surface area contributed by atoms with Crippen molar-refractivity contribution < 1.29 is 26.4 Å². The molecule has 1 amide bonds. The summed E-state index contributed by atoms with van der Waals surface area (Å²) in [6.07, 6.45) is 1.37. The van der Waals surface area contributed by atoms with Gasteiger partial charge in [0.2, 0.25) is 5.91 Å². The standard InChI is InChI=1S/C20H30F3N5O3S/c1-11-4-16(13-5-15(8-24-6-13)32(3,30)31)26-18-12(2)28(19(29)17(11)18)14-7-25-27(9-14)10-20(21,22)23/h6-7,11-18,26H,4-5,8-10H2,1-3H3/t11?,12-,13?,14?,15?,16?,17?,18?/m0/s1. The first-order valence-corrected chi connectivity index (χ1v) is 12.9. The number of rotatable bonds is 4. The predicted molar refractivity (Wildman–Crippen MR) is 114 cm³/mol. The van der Waals surface area contributed by atoms with Crippen molar-refractivity contribution in [2.45, 2.75) is 62.3 Å². The molecule has 8 nitrogen and oxygen atoms in total. The van der Waals surface area contributed by atoms with Gasteiger partial charge in [-0.2, -0.15) is 18.3 Å². The van der Waals surface area contributed by atoms with Gasteiger partial charge in [-0.15, -0.1) is 0 Å². The lowest BCUT2D eigenvalue weighted by Crippen LogP contribution is -2.57. The van der Waals surface area contributed by atoms with Crippen molar-refractivity contribution in [3.63, 3.8) is 0 Å². The van der Waals surface area contributed by atoms with Crippen molar-refractivity contribution in [1.29, 1.82) is 0 Å². The van der Waals surface area contributed by atoms with E-state index in [4.69, 9.17) is 0 Å². The molecule has 180 valence electrons. The second-order valence-corrected chi connectivity index (χ2v) is 12.0. The number of sulfone groups is 1. The molecule has 0 aromatic rings. The Labute approximate surface area is 186 Å². The zero-order valence-corrected chi connectivity index (χ0v) is 19.2. The van der Waals surface area contributed by atoms with E-state index >= 15 is 0 Å². The summed E-state index contributed by atoms with van der Waals surface area (Å²) >= 11 is 0. The van der Waals surface area contributed by atoms with Crippen molar-refractivity contribution in [2.24, 2.45) is 27.8 Å². The summed E-state index contributed by atoms with van der Waals surface area (Å²) in [6.45, 7) is 3.11.